The molecule has 0 aliphatic carbocycles. The smallest absolute Gasteiger partial charge is 0.339 e. The van der Waals surface area contributed by atoms with Crippen molar-refractivity contribution in [2.24, 2.45) is 0 Å². The van der Waals surface area contributed by atoms with E-state index in [4.69, 9.17) is 9.47 Å². The lowest BCUT2D eigenvalue weighted by atomic mass is 10.0. The number of nitrogens with one attached hydrogen (secondary N) is 3. The van der Waals surface area contributed by atoms with E-state index in [0.717, 1.165) is 10.9 Å². The predicted molar refractivity (Wildman–Crippen MR) is 117 cm³/mol. The maximum atomic E-state index is 12.8. The highest BCUT2D eigenvalue weighted by molar-refractivity contribution is 7.10. The first-order valence-electron chi connectivity index (χ1n) is 9.78. The van der Waals surface area contributed by atoms with Gasteiger partial charge in [-0.2, -0.15) is 0 Å². The third-order valence-corrected chi connectivity index (χ3v) is 5.73. The Labute approximate surface area is 186 Å². The first-order valence-corrected chi connectivity index (χ1v) is 10.7. The number of urea groups is 1. The molecule has 10 heteroatoms. The van der Waals surface area contributed by atoms with Gasteiger partial charge in [0.25, 0.3) is 0 Å². The summed E-state index contributed by atoms with van der Waals surface area (Å²) in [5.41, 5.74) is 0.393. The molecule has 0 saturated heterocycles. The molecule has 9 nitrogen and oxygen atoms in total. The molecule has 1 aromatic carbocycles. The van der Waals surface area contributed by atoms with E-state index in [1.54, 1.807) is 43.3 Å². The van der Waals surface area contributed by atoms with Crippen LogP contribution in [0.15, 0.2) is 63.9 Å². The molecule has 2 amide bonds. The zero-order chi connectivity index (χ0) is 22.7. The summed E-state index contributed by atoms with van der Waals surface area (Å²) < 4.78 is 10.6. The van der Waals surface area contributed by atoms with E-state index in [-0.39, 0.29) is 30.0 Å². The first kappa shape index (κ1) is 21.3. The molecule has 1 unspecified atom stereocenters. The van der Waals surface area contributed by atoms with Crippen LogP contribution in [0.2, 0.25) is 0 Å². The molecule has 1 atom stereocenters. The third kappa shape index (κ3) is 4.26. The molecule has 1 aliphatic heterocycles. The number of aromatic nitrogens is 1. The zero-order valence-corrected chi connectivity index (χ0v) is 17.8. The van der Waals surface area contributed by atoms with Crippen LogP contribution in [0.3, 0.4) is 0 Å². The molecule has 0 fully saturated rings. The Morgan fingerprint density at radius 3 is 2.62 bits per heavy atom. The van der Waals surface area contributed by atoms with Crippen LogP contribution >= 0.6 is 11.3 Å². The fourth-order valence-electron chi connectivity index (χ4n) is 3.44. The minimum absolute atomic E-state index is 0.0812. The summed E-state index contributed by atoms with van der Waals surface area (Å²) in [6.45, 7) is 1.42. The van der Waals surface area contributed by atoms with Crippen molar-refractivity contribution in [3.63, 3.8) is 0 Å². The summed E-state index contributed by atoms with van der Waals surface area (Å²) in [4.78, 5) is 53.1. The maximum absolute atomic E-state index is 12.8. The van der Waals surface area contributed by atoms with E-state index >= 15 is 0 Å². The number of hydrogen-bond donors (Lipinski definition) is 3. The molecule has 0 saturated carbocycles. The quantitative estimate of drug-likeness (QED) is 0.493. The summed E-state index contributed by atoms with van der Waals surface area (Å²) in [7, 11) is 0. The average molecular weight is 453 g/mol. The van der Waals surface area contributed by atoms with Gasteiger partial charge in [0.15, 0.2) is 0 Å². The second-order valence-electron chi connectivity index (χ2n) is 6.83. The number of pyridine rings is 1. The normalized spacial score (nSPS) is 15.8. The first-order chi connectivity index (χ1) is 15.5. The van der Waals surface area contributed by atoms with E-state index in [1.165, 1.54) is 11.3 Å². The fraction of sp³-hybridized carbons (Fsp3) is 0.182. The molecule has 0 spiro atoms. The van der Waals surface area contributed by atoms with Gasteiger partial charge in [-0.1, -0.05) is 24.3 Å². The van der Waals surface area contributed by atoms with Crippen LogP contribution in [0.4, 0.5) is 4.79 Å². The molecule has 4 rings (SSSR count). The SMILES string of the molecule is CCOC(=O)C1=C(COC(=O)c2cc(=O)[nH]c3ccccc23)NC(=O)NC1c1cccs1. The van der Waals surface area contributed by atoms with Gasteiger partial charge < -0.3 is 25.1 Å². The Bertz CT molecular complexity index is 1280. The van der Waals surface area contributed by atoms with Gasteiger partial charge in [0.05, 0.1) is 29.5 Å². The molecule has 1 aliphatic rings. The number of hydrogen-bond acceptors (Lipinski definition) is 7. The Balaban J connectivity index is 1.67. The van der Waals surface area contributed by atoms with Crippen molar-refractivity contribution >= 4 is 40.2 Å². The van der Waals surface area contributed by atoms with Gasteiger partial charge >= 0.3 is 18.0 Å². The van der Waals surface area contributed by atoms with E-state index < -0.39 is 29.6 Å². The number of H-pyrrole nitrogens is 1. The summed E-state index contributed by atoms with van der Waals surface area (Å²) in [6, 6.07) is 10.3. The summed E-state index contributed by atoms with van der Waals surface area (Å²) in [6.07, 6.45) is 0. The lowest BCUT2D eigenvalue weighted by Crippen LogP contribution is -2.46. The number of amides is 2. The third-order valence-electron chi connectivity index (χ3n) is 4.79. The number of rotatable bonds is 6. The van der Waals surface area contributed by atoms with Crippen LogP contribution in [0.5, 0.6) is 0 Å². The average Bonchev–Trinajstić information content (AvgIpc) is 3.31. The molecular formula is C22H19N3O6S. The fourth-order valence-corrected chi connectivity index (χ4v) is 4.22. The number of aromatic amines is 1. The predicted octanol–water partition coefficient (Wildman–Crippen LogP) is 2.62. The monoisotopic (exact) mass is 453 g/mol. The van der Waals surface area contributed by atoms with E-state index in [1.807, 2.05) is 5.38 Å². The Hall–Kier alpha value is -3.92. The molecule has 164 valence electrons. The van der Waals surface area contributed by atoms with E-state index in [0.29, 0.717) is 10.9 Å². The van der Waals surface area contributed by atoms with Crippen molar-refractivity contribution in [2.45, 2.75) is 13.0 Å². The topological polar surface area (TPSA) is 127 Å². The molecule has 3 aromatic rings. The van der Waals surface area contributed by atoms with Gasteiger partial charge in [-0.15, -0.1) is 11.3 Å². The summed E-state index contributed by atoms with van der Waals surface area (Å²) >= 11 is 1.37. The van der Waals surface area contributed by atoms with Crippen LogP contribution in [0.1, 0.15) is 28.2 Å². The number of thiophene rings is 1. The van der Waals surface area contributed by atoms with Crippen molar-refractivity contribution in [1.29, 1.82) is 0 Å². The van der Waals surface area contributed by atoms with Crippen LogP contribution in [0, 0.1) is 0 Å². The minimum atomic E-state index is -0.761. The summed E-state index contributed by atoms with van der Waals surface area (Å²) in [5, 5.41) is 7.59. The van der Waals surface area contributed by atoms with Gasteiger partial charge in [0.1, 0.15) is 6.61 Å². The number of para-hydroxylation sites is 1. The number of carbonyl (C=O) groups excluding carboxylic acids is 3. The number of fused-ring (bicyclic) bond motifs is 1. The van der Waals surface area contributed by atoms with Crippen LogP contribution in [0.25, 0.3) is 10.9 Å². The molecule has 0 radical (unpaired) electrons. The van der Waals surface area contributed by atoms with Crippen LogP contribution < -0.4 is 16.2 Å². The van der Waals surface area contributed by atoms with Crippen LogP contribution in [-0.2, 0) is 14.3 Å². The highest BCUT2D eigenvalue weighted by Crippen LogP contribution is 2.31. The van der Waals surface area contributed by atoms with Gasteiger partial charge in [-0.25, -0.2) is 14.4 Å². The molecule has 0 bridgehead atoms. The second-order valence-corrected chi connectivity index (χ2v) is 7.81. The highest BCUT2D eigenvalue weighted by atomic mass is 32.1. The molecule has 2 aromatic heterocycles. The van der Waals surface area contributed by atoms with Gasteiger partial charge in [-0.05, 0) is 24.4 Å². The number of ether oxygens (including phenoxy) is 2. The van der Waals surface area contributed by atoms with Crippen molar-refractivity contribution in [3.05, 3.63) is 79.9 Å². The van der Waals surface area contributed by atoms with Gasteiger partial charge in [0.2, 0.25) is 5.56 Å². The molecule has 3 N–H and O–H groups in total. The van der Waals surface area contributed by atoms with Crippen molar-refractivity contribution in [2.75, 3.05) is 13.2 Å². The van der Waals surface area contributed by atoms with Gasteiger partial charge in [0, 0.05) is 21.8 Å². The van der Waals surface area contributed by atoms with Crippen molar-refractivity contribution < 1.29 is 23.9 Å². The van der Waals surface area contributed by atoms with Gasteiger partial charge in [-0.3, -0.25) is 4.79 Å². The zero-order valence-electron chi connectivity index (χ0n) is 17.0. The molecule has 3 heterocycles. The standard InChI is InChI=1S/C22H19N3O6S/c1-2-30-21(28)18-15(24-22(29)25-19(18)16-8-5-9-32-16)11-31-20(27)13-10-17(26)23-14-7-4-3-6-12(13)14/h3-10,19H,2,11H2,1H3,(H,23,26)(H2,24,25,29). The Morgan fingerprint density at radius 1 is 1.06 bits per heavy atom. The van der Waals surface area contributed by atoms with E-state index in [9.17, 15) is 19.2 Å². The lowest BCUT2D eigenvalue weighted by molar-refractivity contribution is -0.139. The largest absolute Gasteiger partial charge is 0.463 e. The second kappa shape index (κ2) is 9.06. The highest BCUT2D eigenvalue weighted by Gasteiger charge is 2.34. The lowest BCUT2D eigenvalue weighted by Gasteiger charge is -2.28. The number of benzene rings is 1. The summed E-state index contributed by atoms with van der Waals surface area (Å²) in [5.74, 6) is -1.39. The number of esters is 2. The number of carbonyl (C=O) groups is 3. The molecular weight excluding hydrogens is 434 g/mol. The van der Waals surface area contributed by atoms with Crippen LogP contribution in [-0.4, -0.2) is 36.2 Å². The Morgan fingerprint density at radius 2 is 1.88 bits per heavy atom. The van der Waals surface area contributed by atoms with Crippen molar-refractivity contribution in [3.8, 4) is 0 Å². The van der Waals surface area contributed by atoms with E-state index in [2.05, 4.69) is 15.6 Å². The van der Waals surface area contributed by atoms with Crippen molar-refractivity contribution in [1.82, 2.24) is 15.6 Å². The maximum Gasteiger partial charge on any atom is 0.339 e. The minimum Gasteiger partial charge on any atom is -0.463 e. The Kier molecular flexibility index (Phi) is 6.04. The molecule has 32 heavy (non-hydrogen) atoms.